The van der Waals surface area contributed by atoms with Gasteiger partial charge in [0.1, 0.15) is 5.82 Å². The molecule has 1 fully saturated rings. The molecule has 5 rings (SSSR count). The fourth-order valence-electron chi connectivity index (χ4n) is 3.37. The molecule has 0 aliphatic heterocycles. The second-order valence-corrected chi connectivity index (χ2v) is 9.00. The zero-order chi connectivity index (χ0) is 18.9. The van der Waals surface area contributed by atoms with E-state index in [0.29, 0.717) is 11.8 Å². The highest BCUT2D eigenvalue weighted by atomic mass is 32.2. The number of thioether (sulfide) groups is 1. The van der Waals surface area contributed by atoms with Gasteiger partial charge in [0, 0.05) is 22.9 Å². The van der Waals surface area contributed by atoms with E-state index in [2.05, 4.69) is 38.3 Å². The molecule has 0 unspecified atom stereocenters. The molecule has 0 spiro atoms. The maximum atomic E-state index is 12.7. The number of carbonyl (C=O) groups excluding carboxylic acids is 1. The third-order valence-corrected chi connectivity index (χ3v) is 6.78. The standard InChI is InChI=1S/C22H19N3OS2/c26-20(17-8-7-15-4-1-2-5-16(15)12-17)14-28-22-24-23-21(25(22)18-9-10-18)13-19-6-3-11-27-19/h1-8,11-12,18H,9-10,13-14H2. The number of hydrogen-bond donors (Lipinski definition) is 0. The van der Waals surface area contributed by atoms with Gasteiger partial charge in [-0.1, -0.05) is 54.2 Å². The molecule has 0 saturated heterocycles. The number of nitrogens with zero attached hydrogens (tertiary/aromatic N) is 3. The van der Waals surface area contributed by atoms with Gasteiger partial charge in [-0.05, 0) is 41.1 Å². The number of thiophene rings is 1. The van der Waals surface area contributed by atoms with Crippen LogP contribution in [0.4, 0.5) is 0 Å². The first-order chi connectivity index (χ1) is 13.8. The van der Waals surface area contributed by atoms with Gasteiger partial charge in [-0.2, -0.15) is 0 Å². The van der Waals surface area contributed by atoms with Gasteiger partial charge in [-0.25, -0.2) is 0 Å². The van der Waals surface area contributed by atoms with E-state index in [9.17, 15) is 4.79 Å². The summed E-state index contributed by atoms with van der Waals surface area (Å²) in [4.78, 5) is 14.0. The Morgan fingerprint density at radius 2 is 1.93 bits per heavy atom. The maximum absolute atomic E-state index is 12.7. The van der Waals surface area contributed by atoms with Crippen molar-refractivity contribution in [2.45, 2.75) is 30.5 Å². The van der Waals surface area contributed by atoms with Crippen molar-refractivity contribution in [1.82, 2.24) is 14.8 Å². The van der Waals surface area contributed by atoms with E-state index >= 15 is 0 Å². The average Bonchev–Trinajstić information content (AvgIpc) is 3.28. The van der Waals surface area contributed by atoms with Crippen molar-refractivity contribution < 1.29 is 4.79 Å². The minimum Gasteiger partial charge on any atom is -0.303 e. The lowest BCUT2D eigenvalue weighted by molar-refractivity contribution is 0.102. The normalized spacial score (nSPS) is 13.9. The Hall–Kier alpha value is -2.44. The monoisotopic (exact) mass is 405 g/mol. The predicted octanol–water partition coefficient (Wildman–Crippen LogP) is 5.39. The number of ketones is 1. The van der Waals surface area contributed by atoms with Crippen LogP contribution in [0.15, 0.2) is 65.1 Å². The van der Waals surface area contributed by atoms with E-state index in [-0.39, 0.29) is 5.78 Å². The number of aromatic nitrogens is 3. The molecule has 1 saturated carbocycles. The molecule has 0 atom stereocenters. The van der Waals surface area contributed by atoms with E-state index in [1.165, 1.54) is 29.5 Å². The summed E-state index contributed by atoms with van der Waals surface area (Å²) in [5.74, 6) is 1.51. The molecular formula is C22H19N3OS2. The maximum Gasteiger partial charge on any atom is 0.191 e. The molecule has 4 aromatic rings. The second-order valence-electron chi connectivity index (χ2n) is 7.03. The van der Waals surface area contributed by atoms with Gasteiger partial charge >= 0.3 is 0 Å². The molecule has 6 heteroatoms. The zero-order valence-electron chi connectivity index (χ0n) is 15.2. The summed E-state index contributed by atoms with van der Waals surface area (Å²) in [6.45, 7) is 0. The van der Waals surface area contributed by atoms with Crippen molar-refractivity contribution in [2.75, 3.05) is 5.75 Å². The van der Waals surface area contributed by atoms with Gasteiger partial charge in [0.15, 0.2) is 10.9 Å². The van der Waals surface area contributed by atoms with Crippen LogP contribution in [0.5, 0.6) is 0 Å². The number of benzene rings is 2. The smallest absolute Gasteiger partial charge is 0.191 e. The van der Waals surface area contributed by atoms with E-state index in [1.807, 2.05) is 36.4 Å². The number of carbonyl (C=O) groups is 1. The predicted molar refractivity (Wildman–Crippen MR) is 114 cm³/mol. The minimum absolute atomic E-state index is 0.126. The van der Waals surface area contributed by atoms with Crippen molar-refractivity contribution in [3.63, 3.8) is 0 Å². The van der Waals surface area contributed by atoms with Gasteiger partial charge in [-0.3, -0.25) is 4.79 Å². The summed E-state index contributed by atoms with van der Waals surface area (Å²) in [7, 11) is 0. The van der Waals surface area contributed by atoms with Crippen LogP contribution in [-0.4, -0.2) is 26.3 Å². The topological polar surface area (TPSA) is 47.8 Å². The van der Waals surface area contributed by atoms with Crippen LogP contribution in [0.1, 0.15) is 39.9 Å². The summed E-state index contributed by atoms with van der Waals surface area (Å²) in [5, 5.41) is 14.0. The number of hydrogen-bond acceptors (Lipinski definition) is 5. The number of Topliss-reactive ketones (excluding diaryl/α,β-unsaturated/α-hetero) is 1. The van der Waals surface area contributed by atoms with Crippen LogP contribution in [0.25, 0.3) is 10.8 Å². The fraction of sp³-hybridized carbons (Fsp3) is 0.227. The van der Waals surface area contributed by atoms with E-state index in [4.69, 9.17) is 0 Å². The minimum atomic E-state index is 0.126. The first-order valence-electron chi connectivity index (χ1n) is 9.39. The summed E-state index contributed by atoms with van der Waals surface area (Å²) in [6.07, 6.45) is 3.14. The molecule has 2 aromatic carbocycles. The van der Waals surface area contributed by atoms with Gasteiger partial charge in [0.25, 0.3) is 0 Å². The molecule has 0 amide bonds. The van der Waals surface area contributed by atoms with Gasteiger partial charge in [0.2, 0.25) is 0 Å². The van der Waals surface area contributed by atoms with Crippen molar-refractivity contribution in [3.8, 4) is 0 Å². The SMILES string of the molecule is O=C(CSc1nnc(Cc2cccs2)n1C1CC1)c1ccc2ccccc2c1. The quantitative estimate of drug-likeness (QED) is 0.305. The summed E-state index contributed by atoms with van der Waals surface area (Å²) in [5.41, 5.74) is 0.752. The van der Waals surface area contributed by atoms with Crippen molar-refractivity contribution in [3.05, 3.63) is 76.2 Å². The highest BCUT2D eigenvalue weighted by molar-refractivity contribution is 7.99. The van der Waals surface area contributed by atoms with Crippen molar-refractivity contribution in [1.29, 1.82) is 0 Å². The van der Waals surface area contributed by atoms with Gasteiger partial charge in [-0.15, -0.1) is 21.5 Å². The summed E-state index contributed by atoms with van der Waals surface area (Å²) < 4.78 is 2.25. The average molecular weight is 406 g/mol. The van der Waals surface area contributed by atoms with Crippen LogP contribution in [0.2, 0.25) is 0 Å². The van der Waals surface area contributed by atoms with Gasteiger partial charge in [0.05, 0.1) is 5.75 Å². The molecule has 28 heavy (non-hydrogen) atoms. The van der Waals surface area contributed by atoms with E-state index < -0.39 is 0 Å². The molecule has 4 nitrogen and oxygen atoms in total. The van der Waals surface area contributed by atoms with Crippen LogP contribution < -0.4 is 0 Å². The van der Waals surface area contributed by atoms with Crippen LogP contribution >= 0.6 is 23.1 Å². The molecule has 2 heterocycles. The van der Waals surface area contributed by atoms with Gasteiger partial charge < -0.3 is 4.57 Å². The Morgan fingerprint density at radius 1 is 1.07 bits per heavy atom. The third kappa shape index (κ3) is 3.62. The molecular weight excluding hydrogens is 386 g/mol. The first kappa shape index (κ1) is 17.6. The van der Waals surface area contributed by atoms with Crippen molar-refractivity contribution in [2.24, 2.45) is 0 Å². The van der Waals surface area contributed by atoms with Crippen LogP contribution in [0.3, 0.4) is 0 Å². The van der Waals surface area contributed by atoms with E-state index in [0.717, 1.165) is 33.7 Å². The lowest BCUT2D eigenvalue weighted by Gasteiger charge is -2.08. The molecule has 1 aliphatic rings. The molecule has 1 aliphatic carbocycles. The number of fused-ring (bicyclic) bond motifs is 1. The number of rotatable bonds is 7. The summed E-state index contributed by atoms with van der Waals surface area (Å²) in [6, 6.07) is 18.7. The summed E-state index contributed by atoms with van der Waals surface area (Å²) >= 11 is 3.24. The zero-order valence-corrected chi connectivity index (χ0v) is 16.9. The lowest BCUT2D eigenvalue weighted by Crippen LogP contribution is -2.06. The molecule has 0 radical (unpaired) electrons. The highest BCUT2D eigenvalue weighted by Crippen LogP contribution is 2.39. The second kappa shape index (κ2) is 7.53. The third-order valence-electron chi connectivity index (χ3n) is 4.96. The fourth-order valence-corrected chi connectivity index (χ4v) is 4.99. The lowest BCUT2D eigenvalue weighted by atomic mass is 10.1. The van der Waals surface area contributed by atoms with E-state index in [1.54, 1.807) is 11.3 Å². The Kier molecular flexibility index (Phi) is 4.74. The van der Waals surface area contributed by atoms with Crippen molar-refractivity contribution >= 4 is 39.7 Å². The molecule has 140 valence electrons. The first-order valence-corrected chi connectivity index (χ1v) is 11.3. The Morgan fingerprint density at radius 3 is 2.71 bits per heavy atom. The molecule has 2 aromatic heterocycles. The highest BCUT2D eigenvalue weighted by Gasteiger charge is 2.30. The molecule has 0 N–H and O–H groups in total. The Labute approximate surface area is 171 Å². The van der Waals surface area contributed by atoms with Crippen LogP contribution in [-0.2, 0) is 6.42 Å². The Bertz CT molecular complexity index is 1130. The largest absolute Gasteiger partial charge is 0.303 e. The van der Waals surface area contributed by atoms with Crippen LogP contribution in [0, 0.1) is 0 Å². The molecule has 0 bridgehead atoms. The Balaban J connectivity index is 1.33.